The van der Waals surface area contributed by atoms with Crippen molar-refractivity contribution < 1.29 is 17.9 Å². The Labute approximate surface area is 120 Å². The number of nitrogens with one attached hydrogen (secondary N) is 1. The molecule has 0 atom stereocenters. The van der Waals surface area contributed by atoms with E-state index in [2.05, 4.69) is 9.71 Å². The molecule has 0 aliphatic rings. The number of aromatic nitrogens is 1. The fourth-order valence-electron chi connectivity index (χ4n) is 1.39. The van der Waals surface area contributed by atoms with Gasteiger partial charge in [0.25, 0.3) is 10.0 Å². The standard InChI is InChI=1S/C12H12N2O4S2/c1-2-18-11(15)10-8-19-12(13-10)14-20(16,17)9-6-4-3-5-7-9/h3-8H,2H2,1H3,(H,13,14). The van der Waals surface area contributed by atoms with Crippen LogP contribution in [0.2, 0.25) is 0 Å². The smallest absolute Gasteiger partial charge is 0.357 e. The van der Waals surface area contributed by atoms with E-state index in [1.807, 2.05) is 0 Å². The van der Waals surface area contributed by atoms with Crippen LogP contribution in [0.1, 0.15) is 17.4 Å². The van der Waals surface area contributed by atoms with Crippen molar-refractivity contribution in [3.05, 3.63) is 41.4 Å². The zero-order valence-corrected chi connectivity index (χ0v) is 12.2. The largest absolute Gasteiger partial charge is 0.461 e. The molecule has 1 heterocycles. The molecule has 0 radical (unpaired) electrons. The van der Waals surface area contributed by atoms with Gasteiger partial charge in [-0.2, -0.15) is 0 Å². The molecule has 6 nitrogen and oxygen atoms in total. The SMILES string of the molecule is CCOC(=O)c1csc(NS(=O)(=O)c2ccccc2)n1. The van der Waals surface area contributed by atoms with Gasteiger partial charge in [-0.05, 0) is 19.1 Å². The van der Waals surface area contributed by atoms with Crippen LogP contribution in [-0.4, -0.2) is 26.0 Å². The minimum atomic E-state index is -3.69. The maximum Gasteiger partial charge on any atom is 0.357 e. The monoisotopic (exact) mass is 312 g/mol. The summed E-state index contributed by atoms with van der Waals surface area (Å²) in [4.78, 5) is 15.5. The number of esters is 1. The third-order valence-corrected chi connectivity index (χ3v) is 4.51. The molecule has 2 rings (SSSR count). The van der Waals surface area contributed by atoms with Crippen molar-refractivity contribution in [1.82, 2.24) is 4.98 Å². The van der Waals surface area contributed by atoms with E-state index in [0.29, 0.717) is 0 Å². The molecular weight excluding hydrogens is 300 g/mol. The van der Waals surface area contributed by atoms with Gasteiger partial charge in [0.1, 0.15) is 0 Å². The average molecular weight is 312 g/mol. The van der Waals surface area contributed by atoms with E-state index < -0.39 is 16.0 Å². The molecule has 0 amide bonds. The lowest BCUT2D eigenvalue weighted by Gasteiger charge is -2.04. The predicted octanol–water partition coefficient (Wildman–Crippen LogP) is 2.12. The van der Waals surface area contributed by atoms with Crippen molar-refractivity contribution >= 4 is 32.5 Å². The Bertz CT molecular complexity index is 695. The molecule has 0 unspecified atom stereocenters. The number of hydrogen-bond acceptors (Lipinski definition) is 6. The summed E-state index contributed by atoms with van der Waals surface area (Å²) in [5.74, 6) is -0.575. The van der Waals surface area contributed by atoms with E-state index in [1.54, 1.807) is 25.1 Å². The van der Waals surface area contributed by atoms with E-state index in [9.17, 15) is 13.2 Å². The van der Waals surface area contributed by atoms with Crippen molar-refractivity contribution in [2.45, 2.75) is 11.8 Å². The molecule has 106 valence electrons. The maximum absolute atomic E-state index is 12.0. The predicted molar refractivity (Wildman–Crippen MR) is 75.3 cm³/mol. The molecule has 0 saturated carbocycles. The summed E-state index contributed by atoms with van der Waals surface area (Å²) >= 11 is 1.02. The highest BCUT2D eigenvalue weighted by Crippen LogP contribution is 2.20. The van der Waals surface area contributed by atoms with E-state index in [0.717, 1.165) is 11.3 Å². The van der Waals surface area contributed by atoms with Crippen LogP contribution < -0.4 is 4.72 Å². The van der Waals surface area contributed by atoms with Gasteiger partial charge in [-0.25, -0.2) is 18.2 Å². The van der Waals surface area contributed by atoms with Gasteiger partial charge >= 0.3 is 5.97 Å². The first-order valence-corrected chi connectivity index (χ1v) is 8.09. The summed E-state index contributed by atoms with van der Waals surface area (Å²) < 4.78 is 31.2. The van der Waals surface area contributed by atoms with Crippen LogP contribution in [0.25, 0.3) is 0 Å². The highest BCUT2D eigenvalue weighted by Gasteiger charge is 2.17. The number of sulfonamides is 1. The summed E-state index contributed by atoms with van der Waals surface area (Å²) in [5.41, 5.74) is 0.0858. The minimum absolute atomic E-state index is 0.0858. The van der Waals surface area contributed by atoms with Crippen LogP contribution in [0.4, 0.5) is 5.13 Å². The van der Waals surface area contributed by atoms with Crippen LogP contribution in [-0.2, 0) is 14.8 Å². The first-order valence-electron chi connectivity index (χ1n) is 5.73. The molecule has 20 heavy (non-hydrogen) atoms. The van der Waals surface area contributed by atoms with Crippen LogP contribution in [0.15, 0.2) is 40.6 Å². The second kappa shape index (κ2) is 6.02. The van der Waals surface area contributed by atoms with Crippen molar-refractivity contribution in [2.24, 2.45) is 0 Å². The van der Waals surface area contributed by atoms with Crippen LogP contribution in [0.5, 0.6) is 0 Å². The topological polar surface area (TPSA) is 85.4 Å². The summed E-state index contributed by atoms with van der Waals surface area (Å²) in [5, 5.41) is 1.57. The Hall–Kier alpha value is -1.93. The Kier molecular flexibility index (Phi) is 4.35. The normalized spacial score (nSPS) is 11.1. The molecule has 0 bridgehead atoms. The highest BCUT2D eigenvalue weighted by atomic mass is 32.2. The van der Waals surface area contributed by atoms with E-state index in [4.69, 9.17) is 4.74 Å². The second-order valence-electron chi connectivity index (χ2n) is 3.68. The van der Waals surface area contributed by atoms with Crippen LogP contribution >= 0.6 is 11.3 Å². The van der Waals surface area contributed by atoms with Crippen LogP contribution in [0, 0.1) is 0 Å². The Balaban J connectivity index is 2.17. The quantitative estimate of drug-likeness (QED) is 0.855. The van der Waals surface area contributed by atoms with Gasteiger partial charge in [0.05, 0.1) is 11.5 Å². The number of anilines is 1. The molecule has 0 spiro atoms. The second-order valence-corrected chi connectivity index (χ2v) is 6.22. The average Bonchev–Trinajstić information content (AvgIpc) is 2.88. The van der Waals surface area contributed by atoms with E-state index in [-0.39, 0.29) is 22.3 Å². The number of thiazole rings is 1. The van der Waals surface area contributed by atoms with E-state index in [1.165, 1.54) is 17.5 Å². The Morgan fingerprint density at radius 3 is 2.70 bits per heavy atom. The number of hydrogen-bond donors (Lipinski definition) is 1. The third kappa shape index (κ3) is 3.34. The van der Waals surface area contributed by atoms with Crippen molar-refractivity contribution in [1.29, 1.82) is 0 Å². The summed E-state index contributed by atoms with van der Waals surface area (Å²) in [7, 11) is -3.69. The lowest BCUT2D eigenvalue weighted by molar-refractivity contribution is 0.0520. The summed E-state index contributed by atoms with van der Waals surface area (Å²) in [6.45, 7) is 1.92. The van der Waals surface area contributed by atoms with Crippen molar-refractivity contribution in [3.8, 4) is 0 Å². The highest BCUT2D eigenvalue weighted by molar-refractivity contribution is 7.93. The molecule has 1 N–H and O–H groups in total. The fourth-order valence-corrected chi connectivity index (χ4v) is 3.35. The number of nitrogens with zero attached hydrogens (tertiary/aromatic N) is 1. The van der Waals surface area contributed by atoms with Gasteiger partial charge in [0, 0.05) is 5.38 Å². The number of benzene rings is 1. The molecule has 0 aliphatic carbocycles. The summed E-state index contributed by atoms with van der Waals surface area (Å²) in [6, 6.07) is 7.92. The molecular formula is C12H12N2O4S2. The molecule has 1 aromatic heterocycles. The Morgan fingerprint density at radius 2 is 2.05 bits per heavy atom. The van der Waals surface area contributed by atoms with Gasteiger partial charge in [0.15, 0.2) is 10.8 Å². The van der Waals surface area contributed by atoms with Gasteiger partial charge in [-0.3, -0.25) is 4.72 Å². The molecule has 0 aliphatic heterocycles. The molecule has 0 fully saturated rings. The maximum atomic E-state index is 12.0. The first-order chi connectivity index (χ1) is 9.53. The fraction of sp³-hybridized carbons (Fsp3) is 0.167. The first kappa shape index (κ1) is 14.5. The lowest BCUT2D eigenvalue weighted by Crippen LogP contribution is -2.13. The van der Waals surface area contributed by atoms with Gasteiger partial charge in [-0.15, -0.1) is 11.3 Å². The van der Waals surface area contributed by atoms with E-state index >= 15 is 0 Å². The number of ether oxygens (including phenoxy) is 1. The zero-order valence-electron chi connectivity index (χ0n) is 10.6. The van der Waals surface area contributed by atoms with Crippen molar-refractivity contribution in [3.63, 3.8) is 0 Å². The molecule has 8 heteroatoms. The number of rotatable bonds is 5. The molecule has 0 saturated heterocycles. The zero-order chi connectivity index (χ0) is 14.6. The van der Waals surface area contributed by atoms with Gasteiger partial charge < -0.3 is 4.74 Å². The lowest BCUT2D eigenvalue weighted by atomic mass is 10.4. The van der Waals surface area contributed by atoms with Gasteiger partial charge in [-0.1, -0.05) is 18.2 Å². The van der Waals surface area contributed by atoms with Crippen molar-refractivity contribution in [2.75, 3.05) is 11.3 Å². The number of carbonyl (C=O) groups excluding carboxylic acids is 1. The number of carbonyl (C=O) groups is 1. The van der Waals surface area contributed by atoms with Crippen LogP contribution in [0.3, 0.4) is 0 Å². The Morgan fingerprint density at radius 1 is 1.35 bits per heavy atom. The minimum Gasteiger partial charge on any atom is -0.461 e. The van der Waals surface area contributed by atoms with Gasteiger partial charge in [0.2, 0.25) is 0 Å². The molecule has 2 aromatic rings. The summed E-state index contributed by atoms with van der Waals surface area (Å²) in [6.07, 6.45) is 0. The molecule has 1 aromatic carbocycles. The third-order valence-electron chi connectivity index (χ3n) is 2.26.